The van der Waals surface area contributed by atoms with Crippen molar-refractivity contribution in [2.75, 3.05) is 0 Å². The molecule has 1 aliphatic heterocycles. The summed E-state index contributed by atoms with van der Waals surface area (Å²) in [6, 6.07) is 18.4. The smallest absolute Gasteiger partial charge is 0.286 e. The van der Waals surface area contributed by atoms with Crippen LogP contribution in [-0.2, 0) is 17.8 Å². The molecule has 1 atom stereocenters. The number of hydrogen-bond donors (Lipinski definition) is 1. The average molecular weight is 453 g/mol. The van der Waals surface area contributed by atoms with E-state index >= 15 is 0 Å². The molecule has 1 aliphatic rings. The summed E-state index contributed by atoms with van der Waals surface area (Å²) in [5, 5.41) is 4.97. The van der Waals surface area contributed by atoms with Gasteiger partial charge in [0.25, 0.3) is 5.24 Å². The van der Waals surface area contributed by atoms with Gasteiger partial charge < -0.3 is 4.74 Å². The van der Waals surface area contributed by atoms with Crippen molar-refractivity contribution in [1.29, 1.82) is 0 Å². The highest BCUT2D eigenvalue weighted by Crippen LogP contribution is 2.25. The van der Waals surface area contributed by atoms with Crippen LogP contribution in [0.1, 0.15) is 36.9 Å². The molecule has 1 saturated heterocycles. The van der Waals surface area contributed by atoms with Gasteiger partial charge in [-0.05, 0) is 37.0 Å². The predicted molar refractivity (Wildman–Crippen MR) is 125 cm³/mol. The number of aryl methyl sites for hydroxylation is 1. The minimum atomic E-state index is -0.219. The molecular formula is C24H24N2O3S2. The second-order valence-corrected chi connectivity index (χ2v) is 9.46. The number of rotatable bonds is 10. The van der Waals surface area contributed by atoms with Crippen molar-refractivity contribution in [3.05, 3.63) is 71.2 Å². The lowest BCUT2D eigenvalue weighted by Gasteiger charge is -2.07. The molecule has 2 amide bonds. The quantitative estimate of drug-likeness (QED) is 0.391. The first-order chi connectivity index (χ1) is 15.2. The number of thioether (sulfide) groups is 1. The molecule has 0 radical (unpaired) electrons. The van der Waals surface area contributed by atoms with Gasteiger partial charge in [-0.1, -0.05) is 67.1 Å². The molecule has 1 unspecified atom stereocenters. The minimum absolute atomic E-state index is 0.139. The number of benzene rings is 2. The van der Waals surface area contributed by atoms with E-state index in [0.717, 1.165) is 65.9 Å². The van der Waals surface area contributed by atoms with Crippen molar-refractivity contribution < 1.29 is 14.3 Å². The molecule has 31 heavy (non-hydrogen) atoms. The Bertz CT molecular complexity index is 1020. The third-order valence-corrected chi connectivity index (χ3v) is 7.07. The molecule has 2 heterocycles. The van der Waals surface area contributed by atoms with Crippen LogP contribution in [-0.4, -0.2) is 21.4 Å². The van der Waals surface area contributed by atoms with E-state index in [2.05, 4.69) is 34.6 Å². The second-order valence-electron chi connectivity index (χ2n) is 7.43. The zero-order valence-corrected chi connectivity index (χ0v) is 18.7. The largest absolute Gasteiger partial charge is 0.487 e. The predicted octanol–water partition coefficient (Wildman–Crippen LogP) is 5.84. The summed E-state index contributed by atoms with van der Waals surface area (Å²) >= 11 is 2.75. The summed E-state index contributed by atoms with van der Waals surface area (Å²) in [7, 11) is 0. The highest BCUT2D eigenvalue weighted by molar-refractivity contribution is 8.15. The van der Waals surface area contributed by atoms with Crippen LogP contribution in [0.3, 0.4) is 0 Å². The first-order valence-electron chi connectivity index (χ1n) is 10.4. The van der Waals surface area contributed by atoms with Crippen LogP contribution in [0.25, 0.3) is 10.6 Å². The number of ether oxygens (including phenoxy) is 1. The number of hydrogen-bond acceptors (Lipinski definition) is 6. The first kappa shape index (κ1) is 21.6. The molecule has 7 heteroatoms. The number of carbonyl (C=O) groups is 2. The first-order valence-corrected chi connectivity index (χ1v) is 12.2. The second kappa shape index (κ2) is 10.6. The molecule has 3 aromatic rings. The molecule has 0 saturated carbocycles. The Morgan fingerprint density at radius 1 is 0.968 bits per heavy atom. The molecule has 0 spiro atoms. The summed E-state index contributed by atoms with van der Waals surface area (Å²) < 4.78 is 5.89. The molecule has 160 valence electrons. The van der Waals surface area contributed by atoms with Gasteiger partial charge in [0.2, 0.25) is 5.91 Å². The van der Waals surface area contributed by atoms with E-state index in [9.17, 15) is 9.59 Å². The van der Waals surface area contributed by atoms with Crippen molar-refractivity contribution >= 4 is 34.2 Å². The molecule has 5 nitrogen and oxygen atoms in total. The van der Waals surface area contributed by atoms with Crippen LogP contribution in [0.2, 0.25) is 0 Å². The summed E-state index contributed by atoms with van der Waals surface area (Å²) in [6.07, 6.45) is 4.82. The lowest BCUT2D eigenvalue weighted by atomic mass is 10.1. The fourth-order valence-electron chi connectivity index (χ4n) is 3.42. The average Bonchev–Trinajstić information content (AvgIpc) is 3.39. The number of nitrogens with zero attached hydrogens (tertiary/aromatic N) is 1. The van der Waals surface area contributed by atoms with E-state index in [4.69, 9.17) is 4.74 Å². The standard InChI is InChI=1S/C24H24N2O3S2/c27-22-21(31-24(28)26-22)10-6-1-3-7-17-11-13-20(14-12-17)29-15-19-16-30-23(25-19)18-8-4-2-5-9-18/h2,4-5,8-9,11-14,16,21H,1,3,6-7,10,15H2,(H,26,27,28). The van der Waals surface area contributed by atoms with Crippen LogP contribution < -0.4 is 10.1 Å². The van der Waals surface area contributed by atoms with Gasteiger partial charge >= 0.3 is 0 Å². The van der Waals surface area contributed by atoms with Crippen molar-refractivity contribution in [2.24, 2.45) is 0 Å². The molecule has 2 aromatic carbocycles. The minimum Gasteiger partial charge on any atom is -0.487 e. The summed E-state index contributed by atoms with van der Waals surface area (Å²) in [6.45, 7) is 0.456. The molecule has 0 bridgehead atoms. The van der Waals surface area contributed by atoms with Crippen molar-refractivity contribution in [3.63, 3.8) is 0 Å². The van der Waals surface area contributed by atoms with Crippen LogP contribution in [0.15, 0.2) is 60.0 Å². The van der Waals surface area contributed by atoms with Crippen molar-refractivity contribution in [2.45, 2.75) is 44.0 Å². The van der Waals surface area contributed by atoms with Gasteiger partial charge in [-0.2, -0.15) is 0 Å². The zero-order valence-electron chi connectivity index (χ0n) is 17.1. The van der Waals surface area contributed by atoms with E-state index in [1.165, 1.54) is 5.56 Å². The number of thiazole rings is 1. The van der Waals surface area contributed by atoms with Gasteiger partial charge in [0.15, 0.2) is 0 Å². The van der Waals surface area contributed by atoms with Crippen LogP contribution in [0.4, 0.5) is 4.79 Å². The zero-order chi connectivity index (χ0) is 21.5. The number of aromatic nitrogens is 1. The van der Waals surface area contributed by atoms with E-state index in [1.54, 1.807) is 11.3 Å². The van der Waals surface area contributed by atoms with Gasteiger partial charge in [0.05, 0.1) is 10.9 Å². The Kier molecular flexibility index (Phi) is 7.38. The molecule has 0 aliphatic carbocycles. The van der Waals surface area contributed by atoms with Crippen LogP contribution in [0, 0.1) is 0 Å². The van der Waals surface area contributed by atoms with Gasteiger partial charge in [-0.25, -0.2) is 4.98 Å². The molecule has 1 fully saturated rings. The lowest BCUT2D eigenvalue weighted by Crippen LogP contribution is -2.24. The van der Waals surface area contributed by atoms with Crippen LogP contribution >= 0.6 is 23.1 Å². The van der Waals surface area contributed by atoms with E-state index in [0.29, 0.717) is 6.61 Å². The highest BCUT2D eigenvalue weighted by Gasteiger charge is 2.30. The summed E-state index contributed by atoms with van der Waals surface area (Å²) in [5.74, 6) is 0.700. The molecular weight excluding hydrogens is 428 g/mol. The number of imide groups is 1. The fourth-order valence-corrected chi connectivity index (χ4v) is 5.09. The van der Waals surface area contributed by atoms with Gasteiger partial charge in [0.1, 0.15) is 17.4 Å². The number of amides is 2. The van der Waals surface area contributed by atoms with Crippen molar-refractivity contribution in [3.8, 4) is 16.3 Å². The Hall–Kier alpha value is -2.64. The summed E-state index contributed by atoms with van der Waals surface area (Å²) in [4.78, 5) is 27.4. The number of unbranched alkanes of at least 4 members (excludes halogenated alkanes) is 2. The van der Waals surface area contributed by atoms with E-state index in [-0.39, 0.29) is 16.4 Å². The normalized spacial score (nSPS) is 15.8. The van der Waals surface area contributed by atoms with Crippen molar-refractivity contribution in [1.82, 2.24) is 10.3 Å². The van der Waals surface area contributed by atoms with E-state index in [1.807, 2.05) is 35.7 Å². The lowest BCUT2D eigenvalue weighted by molar-refractivity contribution is -0.119. The number of carbonyl (C=O) groups excluding carboxylic acids is 2. The molecule has 1 N–H and O–H groups in total. The Morgan fingerprint density at radius 2 is 1.77 bits per heavy atom. The summed E-state index contributed by atoms with van der Waals surface area (Å²) in [5.41, 5.74) is 3.33. The SMILES string of the molecule is O=C1NC(=O)C(CCCCCc2ccc(OCc3csc(-c4ccccc4)n3)cc2)S1. The topological polar surface area (TPSA) is 68.3 Å². The third kappa shape index (κ3) is 6.18. The Morgan fingerprint density at radius 3 is 2.52 bits per heavy atom. The molecule has 1 aromatic heterocycles. The molecule has 4 rings (SSSR count). The monoisotopic (exact) mass is 452 g/mol. The Labute approximate surface area is 190 Å². The van der Waals surface area contributed by atoms with Crippen LogP contribution in [0.5, 0.6) is 5.75 Å². The Balaban J connectivity index is 1.16. The van der Waals surface area contributed by atoms with Gasteiger partial charge in [-0.3, -0.25) is 14.9 Å². The van der Waals surface area contributed by atoms with E-state index < -0.39 is 0 Å². The maximum absolute atomic E-state index is 11.5. The maximum Gasteiger partial charge on any atom is 0.286 e. The van der Waals surface area contributed by atoms with Gasteiger partial charge in [-0.15, -0.1) is 11.3 Å². The fraction of sp³-hybridized carbons (Fsp3) is 0.292. The highest BCUT2D eigenvalue weighted by atomic mass is 32.2. The number of nitrogens with one attached hydrogen (secondary N) is 1. The third-order valence-electron chi connectivity index (χ3n) is 5.08. The van der Waals surface area contributed by atoms with Gasteiger partial charge in [0, 0.05) is 10.9 Å². The maximum atomic E-state index is 11.5.